The Hall–Kier alpha value is -1.11. The highest BCUT2D eigenvalue weighted by Crippen LogP contribution is 2.25. The fourth-order valence-electron chi connectivity index (χ4n) is 1.68. The molecule has 0 fully saturated rings. The average Bonchev–Trinajstić information content (AvgIpc) is 2.17. The van der Waals surface area contributed by atoms with Crippen LogP contribution in [0.3, 0.4) is 0 Å². The zero-order valence-electron chi connectivity index (χ0n) is 11.2. The molecule has 1 heteroatoms. The lowest BCUT2D eigenvalue weighted by Gasteiger charge is -2.19. The minimum Gasteiger partial charge on any atom is -0.258 e. The van der Waals surface area contributed by atoms with Crippen molar-refractivity contribution in [2.24, 2.45) is 4.99 Å². The summed E-state index contributed by atoms with van der Waals surface area (Å²) in [6, 6.07) is 8.54. The van der Waals surface area contributed by atoms with Crippen molar-refractivity contribution in [1.29, 1.82) is 0 Å². The first-order chi connectivity index (χ1) is 7.43. The molecule has 0 bridgehead atoms. The normalized spacial score (nSPS) is 12.9. The maximum atomic E-state index is 4.64. The summed E-state index contributed by atoms with van der Waals surface area (Å²) in [7, 11) is 0. The molecule has 0 amide bonds. The van der Waals surface area contributed by atoms with Gasteiger partial charge in [-0.2, -0.15) is 0 Å². The van der Waals surface area contributed by atoms with E-state index < -0.39 is 0 Å². The molecule has 88 valence electrons. The summed E-state index contributed by atoms with van der Waals surface area (Å²) in [6.45, 7) is 11.0. The topological polar surface area (TPSA) is 12.4 Å². The summed E-state index contributed by atoms with van der Waals surface area (Å²) in [5.41, 5.74) is 3.84. The minimum atomic E-state index is 0.199. The van der Waals surface area contributed by atoms with Gasteiger partial charge in [0.15, 0.2) is 0 Å². The van der Waals surface area contributed by atoms with E-state index in [-0.39, 0.29) is 5.41 Å². The zero-order valence-corrected chi connectivity index (χ0v) is 11.2. The van der Waals surface area contributed by atoms with Crippen LogP contribution in [-0.4, -0.2) is 5.71 Å². The number of hydrogen-bond acceptors (Lipinski definition) is 1. The predicted molar refractivity (Wildman–Crippen MR) is 72.8 cm³/mol. The van der Waals surface area contributed by atoms with Crippen molar-refractivity contribution in [1.82, 2.24) is 0 Å². The van der Waals surface area contributed by atoms with Gasteiger partial charge in [0.2, 0.25) is 0 Å². The lowest BCUT2D eigenvalue weighted by atomic mass is 9.87. The summed E-state index contributed by atoms with van der Waals surface area (Å²) < 4.78 is 0. The first kappa shape index (κ1) is 13.0. The summed E-state index contributed by atoms with van der Waals surface area (Å²) in [5, 5.41) is 0. The Kier molecular flexibility index (Phi) is 4.28. The molecule has 0 saturated heterocycles. The minimum absolute atomic E-state index is 0.199. The van der Waals surface area contributed by atoms with Crippen LogP contribution in [0.2, 0.25) is 0 Å². The summed E-state index contributed by atoms with van der Waals surface area (Å²) in [6.07, 6.45) is 2.24. The van der Waals surface area contributed by atoms with Crippen LogP contribution in [-0.2, 0) is 5.41 Å². The molecule has 0 radical (unpaired) electrons. The van der Waals surface area contributed by atoms with E-state index in [2.05, 4.69) is 63.9 Å². The molecule has 0 N–H and O–H groups in total. The quantitative estimate of drug-likeness (QED) is 0.640. The van der Waals surface area contributed by atoms with Gasteiger partial charge >= 0.3 is 0 Å². The fraction of sp³-hybridized carbons (Fsp3) is 0.533. The molecule has 0 aliphatic rings. The molecule has 0 saturated carbocycles. The highest BCUT2D eigenvalue weighted by molar-refractivity contribution is 5.84. The van der Waals surface area contributed by atoms with Gasteiger partial charge in [-0.15, -0.1) is 0 Å². The third-order valence-electron chi connectivity index (χ3n) is 2.64. The zero-order chi connectivity index (χ0) is 12.2. The largest absolute Gasteiger partial charge is 0.258 e. The Labute approximate surface area is 99.6 Å². The molecule has 1 aromatic rings. The van der Waals surface area contributed by atoms with E-state index in [4.69, 9.17) is 0 Å². The molecule has 0 atom stereocenters. The molecule has 1 rings (SSSR count). The van der Waals surface area contributed by atoms with E-state index in [1.807, 2.05) is 0 Å². The molecule has 1 aromatic carbocycles. The second-order valence-electron chi connectivity index (χ2n) is 5.40. The van der Waals surface area contributed by atoms with E-state index in [0.29, 0.717) is 0 Å². The number of rotatable bonds is 3. The van der Waals surface area contributed by atoms with Crippen molar-refractivity contribution < 1.29 is 0 Å². The van der Waals surface area contributed by atoms with Crippen molar-refractivity contribution in [3.63, 3.8) is 0 Å². The number of nitrogens with zero attached hydrogens (tertiary/aromatic N) is 1. The third-order valence-corrected chi connectivity index (χ3v) is 2.64. The van der Waals surface area contributed by atoms with Crippen LogP contribution < -0.4 is 0 Å². The molecule has 0 heterocycles. The number of aliphatic imine (C=N–C) groups is 1. The molecular weight excluding hydrogens is 194 g/mol. The van der Waals surface area contributed by atoms with Crippen LogP contribution in [0.25, 0.3) is 0 Å². The smallest absolute Gasteiger partial charge is 0.0631 e. The SMILES string of the molecule is CCCC(C)=Nc1cccc(C(C)(C)C)c1. The molecule has 1 nitrogen and oxygen atoms in total. The molecule has 0 aromatic heterocycles. The molecule has 0 aliphatic heterocycles. The van der Waals surface area contributed by atoms with E-state index >= 15 is 0 Å². The van der Waals surface area contributed by atoms with Crippen molar-refractivity contribution in [3.05, 3.63) is 29.8 Å². The van der Waals surface area contributed by atoms with Crippen LogP contribution >= 0.6 is 0 Å². The second-order valence-corrected chi connectivity index (χ2v) is 5.40. The van der Waals surface area contributed by atoms with Gasteiger partial charge in [0, 0.05) is 5.71 Å². The monoisotopic (exact) mass is 217 g/mol. The maximum absolute atomic E-state index is 4.64. The fourth-order valence-corrected chi connectivity index (χ4v) is 1.68. The Balaban J connectivity index is 2.95. The Morgan fingerprint density at radius 2 is 1.94 bits per heavy atom. The van der Waals surface area contributed by atoms with E-state index in [1.165, 1.54) is 11.3 Å². The van der Waals surface area contributed by atoms with Gasteiger partial charge in [-0.25, -0.2) is 0 Å². The summed E-state index contributed by atoms with van der Waals surface area (Å²) >= 11 is 0. The maximum Gasteiger partial charge on any atom is 0.0631 e. The number of benzene rings is 1. The second kappa shape index (κ2) is 5.29. The van der Waals surface area contributed by atoms with Crippen LogP contribution in [0.4, 0.5) is 5.69 Å². The average molecular weight is 217 g/mol. The van der Waals surface area contributed by atoms with E-state index in [9.17, 15) is 0 Å². The standard InChI is InChI=1S/C15H23N/c1-6-8-12(2)16-14-10-7-9-13(11-14)15(3,4)5/h7,9-11H,6,8H2,1-5H3. The Bertz CT molecular complexity index is 369. The first-order valence-corrected chi connectivity index (χ1v) is 6.08. The van der Waals surface area contributed by atoms with Gasteiger partial charge in [-0.1, -0.05) is 46.2 Å². The van der Waals surface area contributed by atoms with Gasteiger partial charge in [-0.3, -0.25) is 4.99 Å². The van der Waals surface area contributed by atoms with Gasteiger partial charge in [0.05, 0.1) is 5.69 Å². The first-order valence-electron chi connectivity index (χ1n) is 6.08. The van der Waals surface area contributed by atoms with Gasteiger partial charge < -0.3 is 0 Å². The summed E-state index contributed by atoms with van der Waals surface area (Å²) in [4.78, 5) is 4.64. The van der Waals surface area contributed by atoms with Crippen molar-refractivity contribution in [2.45, 2.75) is 52.9 Å². The van der Waals surface area contributed by atoms with Crippen LogP contribution in [0.5, 0.6) is 0 Å². The summed E-state index contributed by atoms with van der Waals surface area (Å²) in [5.74, 6) is 0. The predicted octanol–water partition coefficient (Wildman–Crippen LogP) is 4.88. The lowest BCUT2D eigenvalue weighted by molar-refractivity contribution is 0.590. The molecule has 0 aliphatic carbocycles. The molecule has 0 spiro atoms. The van der Waals surface area contributed by atoms with Crippen LogP contribution in [0, 0.1) is 0 Å². The van der Waals surface area contributed by atoms with Crippen LogP contribution in [0.15, 0.2) is 29.3 Å². The van der Waals surface area contributed by atoms with Crippen LogP contribution in [0.1, 0.15) is 53.0 Å². The van der Waals surface area contributed by atoms with Gasteiger partial charge in [0.1, 0.15) is 0 Å². The molecule has 16 heavy (non-hydrogen) atoms. The van der Waals surface area contributed by atoms with E-state index in [1.54, 1.807) is 0 Å². The highest BCUT2D eigenvalue weighted by atomic mass is 14.7. The van der Waals surface area contributed by atoms with Crippen molar-refractivity contribution in [2.75, 3.05) is 0 Å². The van der Waals surface area contributed by atoms with Gasteiger partial charge in [-0.05, 0) is 36.5 Å². The Morgan fingerprint density at radius 3 is 2.50 bits per heavy atom. The van der Waals surface area contributed by atoms with Crippen molar-refractivity contribution >= 4 is 11.4 Å². The highest BCUT2D eigenvalue weighted by Gasteiger charge is 2.13. The molecule has 0 unspecified atom stereocenters. The van der Waals surface area contributed by atoms with E-state index in [0.717, 1.165) is 18.5 Å². The van der Waals surface area contributed by atoms with Gasteiger partial charge in [0.25, 0.3) is 0 Å². The van der Waals surface area contributed by atoms with Crippen molar-refractivity contribution in [3.8, 4) is 0 Å². The number of hydrogen-bond donors (Lipinski definition) is 0. The third kappa shape index (κ3) is 3.80. The Morgan fingerprint density at radius 1 is 1.25 bits per heavy atom. The molecular formula is C15H23N. The lowest BCUT2D eigenvalue weighted by Crippen LogP contribution is -2.10.